The molecular formula is C17H16ClFN2O3. The lowest BCUT2D eigenvalue weighted by Gasteiger charge is -2.06. The zero-order valence-corrected chi connectivity index (χ0v) is 13.7. The van der Waals surface area contributed by atoms with Crippen LogP contribution in [0.1, 0.15) is 12.5 Å². The highest BCUT2D eigenvalue weighted by Gasteiger charge is 2.07. The first-order chi connectivity index (χ1) is 11.6. The van der Waals surface area contributed by atoms with Gasteiger partial charge in [0, 0.05) is 0 Å². The summed E-state index contributed by atoms with van der Waals surface area (Å²) in [5.74, 6) is -0.160. The number of nitrogens with zero attached hydrogens (tertiary/aromatic N) is 1. The summed E-state index contributed by atoms with van der Waals surface area (Å²) in [6.07, 6.45) is 1.48. The van der Waals surface area contributed by atoms with Crippen molar-refractivity contribution in [3.8, 4) is 5.75 Å². The fourth-order valence-electron chi connectivity index (χ4n) is 1.79. The number of anilines is 1. The van der Waals surface area contributed by atoms with Crippen LogP contribution in [0.15, 0.2) is 47.6 Å². The second kappa shape index (κ2) is 8.88. The van der Waals surface area contributed by atoms with Gasteiger partial charge >= 0.3 is 0 Å². The maximum atomic E-state index is 12.9. The average molecular weight is 351 g/mol. The highest BCUT2D eigenvalue weighted by Crippen LogP contribution is 2.22. The maximum absolute atomic E-state index is 12.9. The van der Waals surface area contributed by atoms with Gasteiger partial charge in [-0.15, -0.1) is 0 Å². The Balaban J connectivity index is 1.79. The first-order valence-electron chi connectivity index (χ1n) is 7.21. The minimum atomic E-state index is -0.478. The molecule has 24 heavy (non-hydrogen) atoms. The molecule has 2 rings (SSSR count). The summed E-state index contributed by atoms with van der Waals surface area (Å²) in [6, 6.07) is 10.9. The number of ether oxygens (including phenoxy) is 1. The van der Waals surface area contributed by atoms with Gasteiger partial charge in [-0.25, -0.2) is 4.39 Å². The Morgan fingerprint density at radius 2 is 2.04 bits per heavy atom. The smallest absolute Gasteiger partial charge is 0.265 e. The highest BCUT2D eigenvalue weighted by atomic mass is 35.5. The molecule has 0 fully saturated rings. The van der Waals surface area contributed by atoms with Crippen LogP contribution in [-0.2, 0) is 9.63 Å². The third-order valence-electron chi connectivity index (χ3n) is 2.87. The highest BCUT2D eigenvalue weighted by molar-refractivity contribution is 6.33. The first kappa shape index (κ1) is 17.7. The molecule has 2 aromatic carbocycles. The van der Waals surface area contributed by atoms with Crippen LogP contribution >= 0.6 is 11.6 Å². The molecule has 0 saturated carbocycles. The van der Waals surface area contributed by atoms with Crippen LogP contribution in [0.5, 0.6) is 5.75 Å². The van der Waals surface area contributed by atoms with Gasteiger partial charge in [0.2, 0.25) is 0 Å². The number of benzene rings is 2. The average Bonchev–Trinajstić information content (AvgIpc) is 2.56. The second-order valence-electron chi connectivity index (χ2n) is 4.68. The Kier molecular flexibility index (Phi) is 6.57. The SMILES string of the molecule is CCOc1ccc(/C=N\OCC(=O)Nc2ccc(F)cc2Cl)cc1. The van der Waals surface area contributed by atoms with E-state index in [1.54, 1.807) is 0 Å². The topological polar surface area (TPSA) is 59.9 Å². The maximum Gasteiger partial charge on any atom is 0.265 e. The molecule has 5 nitrogen and oxygen atoms in total. The predicted molar refractivity (Wildman–Crippen MR) is 91.2 cm³/mol. The van der Waals surface area contributed by atoms with Crippen molar-refractivity contribution < 1.29 is 18.8 Å². The van der Waals surface area contributed by atoms with Crippen molar-refractivity contribution in [2.45, 2.75) is 6.92 Å². The molecule has 126 valence electrons. The molecule has 0 unspecified atom stereocenters. The lowest BCUT2D eigenvalue weighted by atomic mass is 10.2. The zero-order valence-electron chi connectivity index (χ0n) is 13.0. The Bertz CT molecular complexity index is 720. The summed E-state index contributed by atoms with van der Waals surface area (Å²) >= 11 is 5.81. The number of halogens is 2. The van der Waals surface area contributed by atoms with Gasteiger partial charge in [0.25, 0.3) is 5.91 Å². The van der Waals surface area contributed by atoms with E-state index in [1.807, 2.05) is 31.2 Å². The zero-order chi connectivity index (χ0) is 17.4. The van der Waals surface area contributed by atoms with Crippen molar-refractivity contribution in [1.82, 2.24) is 0 Å². The van der Waals surface area contributed by atoms with Gasteiger partial charge in [0.1, 0.15) is 11.6 Å². The first-order valence-corrected chi connectivity index (χ1v) is 7.59. The van der Waals surface area contributed by atoms with Crippen molar-refractivity contribution in [2.75, 3.05) is 18.5 Å². The van der Waals surface area contributed by atoms with Crippen molar-refractivity contribution in [3.05, 3.63) is 58.9 Å². The minimum Gasteiger partial charge on any atom is -0.494 e. The summed E-state index contributed by atoms with van der Waals surface area (Å²) in [4.78, 5) is 16.6. The number of hydrogen-bond acceptors (Lipinski definition) is 4. The number of rotatable bonds is 7. The Morgan fingerprint density at radius 3 is 2.71 bits per heavy atom. The standard InChI is InChI=1S/C17H16ClFN2O3/c1-2-23-14-6-3-12(4-7-14)10-20-24-11-17(22)21-16-8-5-13(19)9-15(16)18/h3-10H,2,11H2,1H3,(H,21,22)/b20-10-. The molecule has 0 aliphatic heterocycles. The van der Waals surface area contributed by atoms with E-state index in [-0.39, 0.29) is 11.6 Å². The summed E-state index contributed by atoms with van der Waals surface area (Å²) < 4.78 is 18.2. The van der Waals surface area contributed by atoms with E-state index >= 15 is 0 Å². The van der Waals surface area contributed by atoms with Gasteiger partial charge < -0.3 is 14.9 Å². The molecule has 7 heteroatoms. The molecular weight excluding hydrogens is 335 g/mol. The van der Waals surface area contributed by atoms with Crippen molar-refractivity contribution in [2.24, 2.45) is 5.16 Å². The van der Waals surface area contributed by atoms with E-state index in [0.29, 0.717) is 12.3 Å². The number of amides is 1. The van der Waals surface area contributed by atoms with Crippen LogP contribution in [-0.4, -0.2) is 25.3 Å². The molecule has 0 heterocycles. The summed E-state index contributed by atoms with van der Waals surface area (Å²) in [5, 5.41) is 6.33. The van der Waals surface area contributed by atoms with Gasteiger partial charge in [-0.1, -0.05) is 16.8 Å². The lowest BCUT2D eigenvalue weighted by molar-refractivity contribution is -0.120. The van der Waals surface area contributed by atoms with Gasteiger partial charge in [0.15, 0.2) is 6.61 Å². The van der Waals surface area contributed by atoms with E-state index < -0.39 is 11.7 Å². The van der Waals surface area contributed by atoms with E-state index in [1.165, 1.54) is 18.3 Å². The summed E-state index contributed by atoms with van der Waals surface area (Å²) in [5.41, 5.74) is 1.11. The minimum absolute atomic E-state index is 0.112. The van der Waals surface area contributed by atoms with Crippen LogP contribution in [0.2, 0.25) is 5.02 Å². The summed E-state index contributed by atoms with van der Waals surface area (Å²) in [6.45, 7) is 2.22. The van der Waals surface area contributed by atoms with Crippen LogP contribution in [0.3, 0.4) is 0 Å². The Labute approximate surface area is 144 Å². The molecule has 0 aromatic heterocycles. The Hall–Kier alpha value is -2.60. The van der Waals surface area contributed by atoms with Gasteiger partial charge in [-0.2, -0.15) is 0 Å². The van der Waals surface area contributed by atoms with E-state index in [0.717, 1.165) is 17.4 Å². The third kappa shape index (κ3) is 5.55. The van der Waals surface area contributed by atoms with E-state index in [2.05, 4.69) is 10.5 Å². The number of oxime groups is 1. The molecule has 2 aromatic rings. The van der Waals surface area contributed by atoms with Crippen molar-refractivity contribution in [3.63, 3.8) is 0 Å². The largest absolute Gasteiger partial charge is 0.494 e. The van der Waals surface area contributed by atoms with Crippen molar-refractivity contribution >= 4 is 29.4 Å². The van der Waals surface area contributed by atoms with Crippen LogP contribution < -0.4 is 10.1 Å². The molecule has 1 amide bonds. The Morgan fingerprint density at radius 1 is 1.29 bits per heavy atom. The van der Waals surface area contributed by atoms with Crippen LogP contribution in [0, 0.1) is 5.82 Å². The normalized spacial score (nSPS) is 10.6. The fourth-order valence-corrected chi connectivity index (χ4v) is 2.00. The van der Waals surface area contributed by atoms with Gasteiger partial charge in [-0.05, 0) is 55.0 Å². The molecule has 0 radical (unpaired) electrons. The number of nitrogens with one attached hydrogen (secondary N) is 1. The van der Waals surface area contributed by atoms with Crippen LogP contribution in [0.25, 0.3) is 0 Å². The quantitative estimate of drug-likeness (QED) is 0.609. The molecule has 0 bridgehead atoms. The van der Waals surface area contributed by atoms with E-state index in [9.17, 15) is 9.18 Å². The third-order valence-corrected chi connectivity index (χ3v) is 3.18. The van der Waals surface area contributed by atoms with E-state index in [4.69, 9.17) is 21.2 Å². The number of hydrogen-bond donors (Lipinski definition) is 1. The monoisotopic (exact) mass is 350 g/mol. The fraction of sp³-hybridized carbons (Fsp3) is 0.176. The molecule has 0 saturated heterocycles. The molecule has 0 spiro atoms. The molecule has 0 aliphatic carbocycles. The summed E-state index contributed by atoms with van der Waals surface area (Å²) in [7, 11) is 0. The van der Waals surface area contributed by atoms with Gasteiger partial charge in [0.05, 0.1) is 23.5 Å². The predicted octanol–water partition coefficient (Wildman–Crippen LogP) is 3.87. The lowest BCUT2D eigenvalue weighted by Crippen LogP contribution is -2.17. The molecule has 0 atom stereocenters. The second-order valence-corrected chi connectivity index (χ2v) is 5.09. The van der Waals surface area contributed by atoms with Crippen LogP contribution in [0.4, 0.5) is 10.1 Å². The molecule has 0 aliphatic rings. The number of carbonyl (C=O) groups excluding carboxylic acids is 1. The van der Waals surface area contributed by atoms with Gasteiger partial charge in [-0.3, -0.25) is 4.79 Å². The molecule has 1 N–H and O–H groups in total. The van der Waals surface area contributed by atoms with Crippen molar-refractivity contribution in [1.29, 1.82) is 0 Å². The number of carbonyl (C=O) groups is 1.